The number of carbonyl (C=O) groups is 3. The third-order valence-electron chi connectivity index (χ3n) is 6.37. The molecule has 3 aliphatic rings. The van der Waals surface area contributed by atoms with Crippen LogP contribution in [-0.4, -0.2) is 47.0 Å². The molecular formula is C24H31N3O3S. The molecule has 0 bridgehead atoms. The van der Waals surface area contributed by atoms with Crippen molar-refractivity contribution in [2.45, 2.75) is 63.4 Å². The van der Waals surface area contributed by atoms with Crippen LogP contribution in [0.15, 0.2) is 35.9 Å². The number of hydrogen-bond donors (Lipinski definition) is 2. The third kappa shape index (κ3) is 4.52. The number of allylic oxidation sites excluding steroid dienone is 1. The van der Waals surface area contributed by atoms with Gasteiger partial charge in [0.05, 0.1) is 0 Å². The van der Waals surface area contributed by atoms with Gasteiger partial charge < -0.3 is 15.5 Å². The van der Waals surface area contributed by atoms with Crippen LogP contribution in [0.5, 0.6) is 0 Å². The molecule has 2 aliphatic heterocycles. The molecule has 1 saturated heterocycles. The van der Waals surface area contributed by atoms with E-state index in [2.05, 4.69) is 16.7 Å². The number of nitrogens with one attached hydrogen (secondary N) is 2. The van der Waals surface area contributed by atoms with E-state index < -0.39 is 12.1 Å². The van der Waals surface area contributed by atoms with Crippen LogP contribution in [0, 0.1) is 5.92 Å². The topological polar surface area (TPSA) is 78.5 Å². The van der Waals surface area contributed by atoms with Crippen molar-refractivity contribution in [2.24, 2.45) is 5.92 Å². The van der Waals surface area contributed by atoms with E-state index in [1.807, 2.05) is 38.1 Å². The lowest BCUT2D eigenvalue weighted by Crippen LogP contribution is -2.55. The minimum atomic E-state index is -0.614. The quantitative estimate of drug-likeness (QED) is 0.636. The molecule has 6 nitrogen and oxygen atoms in total. The van der Waals surface area contributed by atoms with Gasteiger partial charge in [0, 0.05) is 17.9 Å². The van der Waals surface area contributed by atoms with Gasteiger partial charge in [-0.25, -0.2) is 0 Å². The Hall–Kier alpha value is -2.28. The Morgan fingerprint density at radius 3 is 2.77 bits per heavy atom. The molecule has 4 rings (SSSR count). The van der Waals surface area contributed by atoms with E-state index in [4.69, 9.17) is 0 Å². The van der Waals surface area contributed by atoms with Gasteiger partial charge in [0.25, 0.3) is 5.91 Å². The lowest BCUT2D eigenvalue weighted by molar-refractivity contribution is -0.131. The predicted molar refractivity (Wildman–Crippen MR) is 123 cm³/mol. The summed E-state index contributed by atoms with van der Waals surface area (Å²) in [5, 5.41) is 5.81. The maximum Gasteiger partial charge on any atom is 0.256 e. The highest BCUT2D eigenvalue weighted by atomic mass is 32.2. The Morgan fingerprint density at radius 2 is 2.03 bits per heavy atom. The van der Waals surface area contributed by atoms with E-state index in [1.165, 1.54) is 18.4 Å². The molecule has 2 heterocycles. The van der Waals surface area contributed by atoms with Gasteiger partial charge in [0.2, 0.25) is 11.8 Å². The summed E-state index contributed by atoms with van der Waals surface area (Å²) in [5.74, 6) is -0.0128. The highest BCUT2D eigenvalue weighted by molar-refractivity contribution is 7.99. The smallest absolute Gasteiger partial charge is 0.256 e. The Bertz CT molecular complexity index is 898. The van der Waals surface area contributed by atoms with Crippen molar-refractivity contribution in [1.29, 1.82) is 0 Å². The fourth-order valence-electron chi connectivity index (χ4n) is 4.61. The highest BCUT2D eigenvalue weighted by Crippen LogP contribution is 2.48. The largest absolute Gasteiger partial charge is 0.354 e. The fourth-order valence-corrected chi connectivity index (χ4v) is 6.08. The van der Waals surface area contributed by atoms with Gasteiger partial charge >= 0.3 is 0 Å². The zero-order valence-corrected chi connectivity index (χ0v) is 19.0. The minimum Gasteiger partial charge on any atom is -0.354 e. The van der Waals surface area contributed by atoms with Crippen LogP contribution in [0.4, 0.5) is 0 Å². The van der Waals surface area contributed by atoms with Crippen LogP contribution in [0.1, 0.15) is 67.2 Å². The van der Waals surface area contributed by atoms with Crippen LogP contribution in [0.2, 0.25) is 0 Å². The molecule has 0 radical (unpaired) electrons. The molecule has 2 N–H and O–H groups in total. The first-order valence-electron chi connectivity index (χ1n) is 11.3. The summed E-state index contributed by atoms with van der Waals surface area (Å²) in [4.78, 5) is 40.5. The van der Waals surface area contributed by atoms with Gasteiger partial charge in [-0.1, -0.05) is 43.7 Å². The Kier molecular flexibility index (Phi) is 6.70. The number of nitrogens with zero attached hydrogens (tertiary/aromatic N) is 1. The van der Waals surface area contributed by atoms with Crippen molar-refractivity contribution in [3.63, 3.8) is 0 Å². The molecule has 1 fully saturated rings. The van der Waals surface area contributed by atoms with Crippen molar-refractivity contribution in [3.05, 3.63) is 47.0 Å². The summed E-state index contributed by atoms with van der Waals surface area (Å²) in [5.41, 5.74) is 3.06. The summed E-state index contributed by atoms with van der Waals surface area (Å²) < 4.78 is 0. The first-order chi connectivity index (χ1) is 15.0. The maximum absolute atomic E-state index is 13.1. The maximum atomic E-state index is 13.1. The van der Waals surface area contributed by atoms with Gasteiger partial charge in [-0.2, -0.15) is 0 Å². The van der Waals surface area contributed by atoms with Gasteiger partial charge in [-0.15, -0.1) is 11.8 Å². The molecule has 3 atom stereocenters. The predicted octanol–water partition coefficient (Wildman–Crippen LogP) is 3.40. The second-order valence-corrected chi connectivity index (χ2v) is 9.99. The molecular weight excluding hydrogens is 410 g/mol. The number of fused-ring (bicyclic) bond motifs is 3. The van der Waals surface area contributed by atoms with Gasteiger partial charge in [-0.3, -0.25) is 14.4 Å². The van der Waals surface area contributed by atoms with E-state index in [0.717, 1.165) is 24.8 Å². The van der Waals surface area contributed by atoms with E-state index >= 15 is 0 Å². The Balaban J connectivity index is 1.36. The van der Waals surface area contributed by atoms with E-state index in [1.54, 1.807) is 16.7 Å². The molecule has 0 saturated carbocycles. The number of benzene rings is 1. The van der Waals surface area contributed by atoms with Crippen LogP contribution in [-0.2, 0) is 9.59 Å². The molecule has 166 valence electrons. The zero-order valence-electron chi connectivity index (χ0n) is 18.2. The summed E-state index contributed by atoms with van der Waals surface area (Å²) in [6.45, 7) is 4.44. The number of hydrogen-bond acceptors (Lipinski definition) is 4. The van der Waals surface area contributed by atoms with Crippen molar-refractivity contribution in [1.82, 2.24) is 15.5 Å². The normalized spacial score (nSPS) is 23.3. The monoisotopic (exact) mass is 441 g/mol. The summed E-state index contributed by atoms with van der Waals surface area (Å²) in [7, 11) is 0. The minimum absolute atomic E-state index is 0.0471. The third-order valence-corrected chi connectivity index (χ3v) is 7.68. The SMILES string of the molecule is CC(C)[C@H](NC(=O)[C@@H]1CSC2c3ccccc3C(=O)N21)C(=O)NCCC1=CCCCC1. The number of thioether (sulfide) groups is 1. The molecule has 0 spiro atoms. The van der Waals surface area contributed by atoms with E-state index in [0.29, 0.717) is 17.9 Å². The first-order valence-corrected chi connectivity index (χ1v) is 12.3. The van der Waals surface area contributed by atoms with Crippen molar-refractivity contribution in [2.75, 3.05) is 12.3 Å². The van der Waals surface area contributed by atoms with Crippen LogP contribution < -0.4 is 10.6 Å². The average molecular weight is 442 g/mol. The fraction of sp³-hybridized carbons (Fsp3) is 0.542. The Morgan fingerprint density at radius 1 is 1.23 bits per heavy atom. The molecule has 1 unspecified atom stereocenters. The molecule has 0 aromatic heterocycles. The van der Waals surface area contributed by atoms with Crippen LogP contribution in [0.3, 0.4) is 0 Å². The average Bonchev–Trinajstić information content (AvgIpc) is 3.33. The number of carbonyl (C=O) groups excluding carboxylic acids is 3. The molecule has 1 aromatic rings. The molecule has 31 heavy (non-hydrogen) atoms. The highest BCUT2D eigenvalue weighted by Gasteiger charge is 2.48. The lowest BCUT2D eigenvalue weighted by atomic mass is 9.97. The van der Waals surface area contributed by atoms with Crippen molar-refractivity contribution < 1.29 is 14.4 Å². The van der Waals surface area contributed by atoms with Gasteiger partial charge in [0.15, 0.2) is 0 Å². The van der Waals surface area contributed by atoms with Crippen LogP contribution >= 0.6 is 11.8 Å². The van der Waals surface area contributed by atoms with Crippen molar-refractivity contribution in [3.8, 4) is 0 Å². The van der Waals surface area contributed by atoms with Crippen molar-refractivity contribution >= 4 is 29.5 Å². The second-order valence-electron chi connectivity index (χ2n) is 8.88. The van der Waals surface area contributed by atoms with Gasteiger partial charge in [-0.05, 0) is 49.7 Å². The van der Waals surface area contributed by atoms with E-state index in [-0.39, 0.29) is 29.0 Å². The first kappa shape index (κ1) is 21.9. The standard InChI is InChI=1S/C24H31N3O3S/c1-15(2)20(22(29)25-13-12-16-8-4-3-5-9-16)26-21(28)19-14-31-24-18-11-7-6-10-17(18)23(30)27(19)24/h6-8,10-11,15,19-20,24H,3-5,9,12-14H2,1-2H3,(H,25,29)(H,26,28)/t19-,20-,24?/m0/s1. The summed E-state index contributed by atoms with van der Waals surface area (Å²) in [6, 6.07) is 6.37. The lowest BCUT2D eigenvalue weighted by Gasteiger charge is -2.27. The number of amides is 3. The molecule has 3 amide bonds. The summed E-state index contributed by atoms with van der Waals surface area (Å²) >= 11 is 1.61. The Labute approximate surface area is 188 Å². The molecule has 1 aromatic carbocycles. The van der Waals surface area contributed by atoms with E-state index in [9.17, 15) is 14.4 Å². The summed E-state index contributed by atoms with van der Waals surface area (Å²) in [6.07, 6.45) is 7.88. The molecule has 7 heteroatoms. The van der Waals surface area contributed by atoms with Gasteiger partial charge in [0.1, 0.15) is 17.5 Å². The second kappa shape index (κ2) is 9.47. The number of rotatable bonds is 7. The van der Waals surface area contributed by atoms with Crippen LogP contribution in [0.25, 0.3) is 0 Å². The zero-order chi connectivity index (χ0) is 22.0. The molecule has 1 aliphatic carbocycles.